The van der Waals surface area contributed by atoms with Crippen molar-refractivity contribution in [3.8, 4) is 0 Å². The maximum Gasteiger partial charge on any atom is 0.296 e. The summed E-state index contributed by atoms with van der Waals surface area (Å²) >= 11 is 5.64. The third-order valence-corrected chi connectivity index (χ3v) is 4.90. The van der Waals surface area contributed by atoms with Gasteiger partial charge in [0, 0.05) is 0 Å². The zero-order chi connectivity index (χ0) is 12.8. The molecule has 0 bridgehead atoms. The number of hydrogen-bond acceptors (Lipinski definition) is 5. The van der Waals surface area contributed by atoms with Crippen LogP contribution in [0.4, 0.5) is 5.69 Å². The van der Waals surface area contributed by atoms with Crippen molar-refractivity contribution in [1.29, 1.82) is 0 Å². The molecule has 2 rings (SSSR count). The van der Waals surface area contributed by atoms with Crippen LogP contribution in [-0.2, 0) is 20.1 Å². The smallest absolute Gasteiger partial charge is 0.296 e. The first-order valence-corrected chi connectivity index (χ1v) is 7.56. The Morgan fingerprint density at radius 1 is 1.35 bits per heavy atom. The van der Waals surface area contributed by atoms with E-state index < -0.39 is 25.0 Å². The molecule has 0 radical (unpaired) electrons. The summed E-state index contributed by atoms with van der Waals surface area (Å²) in [7, 11) is -8.36. The van der Waals surface area contributed by atoms with Gasteiger partial charge in [-0.05, 0) is 12.1 Å². The second-order valence-electron chi connectivity index (χ2n) is 3.26. The van der Waals surface area contributed by atoms with Gasteiger partial charge in [0.25, 0.3) is 10.1 Å². The maximum atomic E-state index is 11.6. The van der Waals surface area contributed by atoms with Crippen molar-refractivity contribution in [3.05, 3.63) is 17.2 Å². The molecule has 0 unspecified atom stereocenters. The molecule has 1 aromatic rings. The molecular weight excluding hydrogens is 292 g/mol. The van der Waals surface area contributed by atoms with Gasteiger partial charge in [0.2, 0.25) is 10.0 Å². The Morgan fingerprint density at radius 2 is 2.00 bits per heavy atom. The molecule has 0 saturated carbocycles. The Hall–Kier alpha value is -0.870. The molecule has 1 aromatic carbocycles. The SMILES string of the molecule is O=S(=O)(O)c1cc2c(cc1Cl)NCNS2(=O)=O. The van der Waals surface area contributed by atoms with Gasteiger partial charge >= 0.3 is 0 Å². The van der Waals surface area contributed by atoms with Crippen molar-refractivity contribution < 1.29 is 21.4 Å². The van der Waals surface area contributed by atoms with E-state index in [0.717, 1.165) is 12.1 Å². The lowest BCUT2D eigenvalue weighted by Crippen LogP contribution is -2.34. The summed E-state index contributed by atoms with van der Waals surface area (Å²) in [6, 6.07) is 1.94. The van der Waals surface area contributed by atoms with Gasteiger partial charge in [-0.15, -0.1) is 0 Å². The molecule has 1 aliphatic rings. The minimum absolute atomic E-state index is 0.0170. The Labute approximate surface area is 103 Å². The molecular formula is C7H7ClN2O5S2. The van der Waals surface area contributed by atoms with Crippen LogP contribution in [0.25, 0.3) is 0 Å². The molecule has 0 atom stereocenters. The molecule has 0 fully saturated rings. The van der Waals surface area contributed by atoms with Gasteiger partial charge in [0.05, 0.1) is 17.4 Å². The highest BCUT2D eigenvalue weighted by Crippen LogP contribution is 2.32. The van der Waals surface area contributed by atoms with Crippen molar-refractivity contribution in [3.63, 3.8) is 0 Å². The van der Waals surface area contributed by atoms with Crippen LogP contribution in [0.2, 0.25) is 5.02 Å². The molecule has 0 saturated heterocycles. The number of rotatable bonds is 1. The molecule has 0 aliphatic carbocycles. The summed E-state index contributed by atoms with van der Waals surface area (Å²) in [5.74, 6) is 0. The number of benzene rings is 1. The van der Waals surface area contributed by atoms with Gasteiger partial charge in [-0.2, -0.15) is 13.1 Å². The molecule has 1 heterocycles. The van der Waals surface area contributed by atoms with E-state index in [1.165, 1.54) is 0 Å². The Kier molecular flexibility index (Phi) is 2.83. The van der Waals surface area contributed by atoms with E-state index in [1.807, 2.05) is 0 Å². The lowest BCUT2D eigenvalue weighted by molar-refractivity contribution is 0.483. The second kappa shape index (κ2) is 3.82. The van der Waals surface area contributed by atoms with Crippen LogP contribution in [0.1, 0.15) is 0 Å². The summed E-state index contributed by atoms with van der Waals surface area (Å²) in [4.78, 5) is -0.923. The largest absolute Gasteiger partial charge is 0.370 e. The number of nitrogens with one attached hydrogen (secondary N) is 2. The summed E-state index contributed by atoms with van der Waals surface area (Å²) in [5, 5.41) is 2.43. The predicted octanol–water partition coefficient (Wildman–Crippen LogP) is 0.248. The molecule has 3 N–H and O–H groups in total. The van der Waals surface area contributed by atoms with Crippen molar-refractivity contribution in [2.24, 2.45) is 0 Å². The van der Waals surface area contributed by atoms with Crippen LogP contribution < -0.4 is 10.0 Å². The average Bonchev–Trinajstić information content (AvgIpc) is 2.13. The Balaban J connectivity index is 2.79. The van der Waals surface area contributed by atoms with Crippen molar-refractivity contribution in [1.82, 2.24) is 4.72 Å². The number of hydrogen-bond donors (Lipinski definition) is 3. The van der Waals surface area contributed by atoms with Gasteiger partial charge in [-0.3, -0.25) is 4.55 Å². The Morgan fingerprint density at radius 3 is 2.59 bits per heavy atom. The van der Waals surface area contributed by atoms with Gasteiger partial charge in [-0.1, -0.05) is 11.6 Å². The highest BCUT2D eigenvalue weighted by molar-refractivity contribution is 7.90. The van der Waals surface area contributed by atoms with Crippen molar-refractivity contribution >= 4 is 37.4 Å². The van der Waals surface area contributed by atoms with Crippen LogP contribution in [0.15, 0.2) is 21.9 Å². The third kappa shape index (κ3) is 2.24. The summed E-state index contributed by atoms with van der Waals surface area (Å²) in [6.45, 7) is -0.0170. The molecule has 1 aliphatic heterocycles. The highest BCUT2D eigenvalue weighted by Gasteiger charge is 2.27. The van der Waals surface area contributed by atoms with Gasteiger partial charge < -0.3 is 5.32 Å². The van der Waals surface area contributed by atoms with E-state index >= 15 is 0 Å². The first-order valence-electron chi connectivity index (χ1n) is 4.26. The van der Waals surface area contributed by atoms with E-state index in [0.29, 0.717) is 0 Å². The van der Waals surface area contributed by atoms with Gasteiger partial charge in [0.1, 0.15) is 9.79 Å². The zero-order valence-electron chi connectivity index (χ0n) is 8.14. The van der Waals surface area contributed by atoms with E-state index in [-0.39, 0.29) is 22.3 Å². The van der Waals surface area contributed by atoms with Crippen molar-refractivity contribution in [2.45, 2.75) is 9.79 Å². The average molecular weight is 299 g/mol. The fourth-order valence-corrected chi connectivity index (χ4v) is 3.61. The number of anilines is 1. The Bertz CT molecular complexity index is 682. The van der Waals surface area contributed by atoms with Crippen LogP contribution in [-0.4, -0.2) is 28.1 Å². The normalized spacial score (nSPS) is 18.2. The first-order chi connectivity index (χ1) is 7.72. The second-order valence-corrected chi connectivity index (χ2v) is 6.79. The highest BCUT2D eigenvalue weighted by atomic mass is 35.5. The molecule has 0 aromatic heterocycles. The monoisotopic (exact) mass is 298 g/mol. The van der Waals surface area contributed by atoms with E-state index in [1.54, 1.807) is 0 Å². The fourth-order valence-electron chi connectivity index (χ4n) is 1.40. The molecule has 17 heavy (non-hydrogen) atoms. The maximum absolute atomic E-state index is 11.6. The third-order valence-electron chi connectivity index (χ3n) is 2.14. The number of fused-ring (bicyclic) bond motifs is 1. The molecule has 94 valence electrons. The first kappa shape index (κ1) is 12.6. The van der Waals surface area contributed by atoms with Crippen LogP contribution >= 0.6 is 11.6 Å². The number of sulfonamides is 1. The van der Waals surface area contributed by atoms with Gasteiger partial charge in [-0.25, -0.2) is 8.42 Å². The minimum Gasteiger partial charge on any atom is -0.370 e. The standard InChI is InChI=1S/C7H7ClN2O5S2/c8-4-1-5-7(2-6(4)17(13,14)15)16(11,12)10-3-9-5/h1-2,9-10H,3H2,(H,13,14,15). The zero-order valence-corrected chi connectivity index (χ0v) is 10.5. The van der Waals surface area contributed by atoms with Crippen LogP contribution in [0.5, 0.6) is 0 Å². The van der Waals surface area contributed by atoms with Crippen LogP contribution in [0, 0.1) is 0 Å². The lowest BCUT2D eigenvalue weighted by Gasteiger charge is -2.20. The van der Waals surface area contributed by atoms with E-state index in [2.05, 4.69) is 10.0 Å². The molecule has 0 amide bonds. The fraction of sp³-hybridized carbons (Fsp3) is 0.143. The summed E-state index contributed by atoms with van der Waals surface area (Å²) < 4.78 is 56.2. The quantitative estimate of drug-likeness (QED) is 0.641. The number of halogens is 1. The molecule has 10 heteroatoms. The summed E-state index contributed by atoms with van der Waals surface area (Å²) in [5.41, 5.74) is 0.182. The van der Waals surface area contributed by atoms with Crippen molar-refractivity contribution in [2.75, 3.05) is 12.0 Å². The summed E-state index contributed by atoms with van der Waals surface area (Å²) in [6.07, 6.45) is 0. The minimum atomic E-state index is -4.57. The van der Waals surface area contributed by atoms with Gasteiger partial charge in [0.15, 0.2) is 0 Å². The molecule has 0 spiro atoms. The lowest BCUT2D eigenvalue weighted by atomic mass is 10.3. The van der Waals surface area contributed by atoms with E-state index in [9.17, 15) is 16.8 Å². The van der Waals surface area contributed by atoms with Crippen LogP contribution in [0.3, 0.4) is 0 Å². The predicted molar refractivity (Wildman–Crippen MR) is 60.1 cm³/mol. The van der Waals surface area contributed by atoms with E-state index in [4.69, 9.17) is 16.2 Å². The topological polar surface area (TPSA) is 113 Å². The molecule has 7 nitrogen and oxygen atoms in total.